The lowest BCUT2D eigenvalue weighted by Gasteiger charge is -2.17. The molecule has 0 fully saturated rings. The van der Waals surface area contributed by atoms with E-state index in [1.165, 1.54) is 22.7 Å². The zero-order chi connectivity index (χ0) is 21.3. The van der Waals surface area contributed by atoms with Gasteiger partial charge in [0, 0.05) is 36.1 Å². The number of benzene rings is 2. The molecule has 1 aromatic heterocycles. The number of amides is 1. The molecule has 1 amide bonds. The molecule has 0 saturated carbocycles. The Bertz CT molecular complexity index is 956. The Kier molecular flexibility index (Phi) is 7.79. The molecule has 7 heteroatoms. The van der Waals surface area contributed by atoms with E-state index in [4.69, 9.17) is 4.74 Å². The molecule has 0 aliphatic rings. The number of nitrogens with zero attached hydrogens (tertiary/aromatic N) is 2. The third-order valence-electron chi connectivity index (χ3n) is 4.86. The zero-order valence-electron chi connectivity index (χ0n) is 17.6. The Hall–Kier alpha value is -2.93. The van der Waals surface area contributed by atoms with Gasteiger partial charge in [0.2, 0.25) is 5.13 Å². The van der Waals surface area contributed by atoms with E-state index in [0.717, 1.165) is 42.5 Å². The summed E-state index contributed by atoms with van der Waals surface area (Å²) in [7, 11) is 1.61. The van der Waals surface area contributed by atoms with Crippen LogP contribution in [0.5, 0.6) is 5.75 Å². The molecule has 30 heavy (non-hydrogen) atoms. The van der Waals surface area contributed by atoms with Gasteiger partial charge in [-0.3, -0.25) is 4.79 Å². The van der Waals surface area contributed by atoms with E-state index < -0.39 is 0 Å². The van der Waals surface area contributed by atoms with E-state index in [0.29, 0.717) is 5.56 Å². The number of methoxy groups -OCH3 is 1. The van der Waals surface area contributed by atoms with Crippen LogP contribution in [0.1, 0.15) is 47.1 Å². The molecule has 0 aliphatic heterocycles. The van der Waals surface area contributed by atoms with E-state index in [-0.39, 0.29) is 11.9 Å². The summed E-state index contributed by atoms with van der Waals surface area (Å²) in [5, 5.41) is 7.24. The standard InChI is InChI=1S/C23H28N4O2S/c1-4-19(25-22(28)18-8-10-20(29-3)11-9-18)12-13-24-23-26-21(27-30-23)15-17-7-5-6-16(2)14-17/h5-11,14,19H,4,12-13,15H2,1-3H3,(H,25,28)(H,24,26,27). The van der Waals surface area contributed by atoms with Crippen molar-refractivity contribution in [3.05, 3.63) is 71.0 Å². The van der Waals surface area contributed by atoms with Crippen LogP contribution in [-0.2, 0) is 6.42 Å². The molecule has 2 aromatic carbocycles. The molecule has 2 N–H and O–H groups in total. The van der Waals surface area contributed by atoms with Gasteiger partial charge in [0.1, 0.15) is 11.6 Å². The second-order valence-corrected chi connectivity index (χ2v) is 7.96. The summed E-state index contributed by atoms with van der Waals surface area (Å²) in [6, 6.07) is 15.6. The van der Waals surface area contributed by atoms with Gasteiger partial charge in [-0.25, -0.2) is 4.98 Å². The van der Waals surface area contributed by atoms with Crippen LogP contribution < -0.4 is 15.4 Å². The van der Waals surface area contributed by atoms with Crippen LogP contribution in [0.15, 0.2) is 48.5 Å². The predicted molar refractivity (Wildman–Crippen MR) is 122 cm³/mol. The Labute approximate surface area is 181 Å². The predicted octanol–water partition coefficient (Wildman–Crippen LogP) is 4.46. The van der Waals surface area contributed by atoms with Crippen LogP contribution in [-0.4, -0.2) is 35.0 Å². The van der Waals surface area contributed by atoms with Gasteiger partial charge in [0.05, 0.1) is 7.11 Å². The Morgan fingerprint density at radius 1 is 1.20 bits per heavy atom. The van der Waals surface area contributed by atoms with Crippen molar-refractivity contribution in [3.8, 4) is 5.75 Å². The second-order valence-electron chi connectivity index (χ2n) is 7.20. The smallest absolute Gasteiger partial charge is 0.251 e. The number of hydrogen-bond acceptors (Lipinski definition) is 6. The van der Waals surface area contributed by atoms with Crippen molar-refractivity contribution < 1.29 is 9.53 Å². The first-order valence-electron chi connectivity index (χ1n) is 10.1. The van der Waals surface area contributed by atoms with Crippen molar-refractivity contribution in [1.82, 2.24) is 14.7 Å². The van der Waals surface area contributed by atoms with Gasteiger partial charge in [-0.15, -0.1) is 0 Å². The number of aromatic nitrogens is 2. The highest BCUT2D eigenvalue weighted by Crippen LogP contribution is 2.16. The molecule has 3 rings (SSSR count). The molecule has 3 aromatic rings. The maximum Gasteiger partial charge on any atom is 0.251 e. The summed E-state index contributed by atoms with van der Waals surface area (Å²) in [6.45, 7) is 4.88. The summed E-state index contributed by atoms with van der Waals surface area (Å²) in [5.41, 5.74) is 3.09. The van der Waals surface area contributed by atoms with Crippen LogP contribution in [0.4, 0.5) is 5.13 Å². The van der Waals surface area contributed by atoms with Crippen molar-refractivity contribution in [1.29, 1.82) is 0 Å². The minimum atomic E-state index is -0.0686. The van der Waals surface area contributed by atoms with Crippen LogP contribution in [0.3, 0.4) is 0 Å². The average Bonchev–Trinajstić information content (AvgIpc) is 3.20. The first kappa shape index (κ1) is 21.8. The van der Waals surface area contributed by atoms with Crippen molar-refractivity contribution >= 4 is 22.6 Å². The Balaban J connectivity index is 1.46. The molecular formula is C23H28N4O2S. The number of aryl methyl sites for hydroxylation is 1. The van der Waals surface area contributed by atoms with Crippen LogP contribution in [0, 0.1) is 6.92 Å². The van der Waals surface area contributed by atoms with Crippen molar-refractivity contribution in [3.63, 3.8) is 0 Å². The van der Waals surface area contributed by atoms with Gasteiger partial charge in [0.25, 0.3) is 5.91 Å². The fraction of sp³-hybridized carbons (Fsp3) is 0.348. The molecule has 0 saturated heterocycles. The van der Waals surface area contributed by atoms with Crippen LogP contribution in [0.25, 0.3) is 0 Å². The average molecular weight is 425 g/mol. The lowest BCUT2D eigenvalue weighted by molar-refractivity contribution is 0.0934. The Morgan fingerprint density at radius 2 is 2.00 bits per heavy atom. The van der Waals surface area contributed by atoms with Crippen LogP contribution >= 0.6 is 11.5 Å². The van der Waals surface area contributed by atoms with Crippen LogP contribution in [0.2, 0.25) is 0 Å². The van der Waals surface area contributed by atoms with Gasteiger partial charge in [0.15, 0.2) is 0 Å². The molecule has 0 spiro atoms. The SMILES string of the molecule is CCC(CCNc1nc(Cc2cccc(C)c2)ns1)NC(=O)c1ccc(OC)cc1. The highest BCUT2D eigenvalue weighted by molar-refractivity contribution is 7.09. The lowest BCUT2D eigenvalue weighted by Crippen LogP contribution is -2.35. The summed E-state index contributed by atoms with van der Waals surface area (Å²) in [5.74, 6) is 1.50. The number of nitrogens with one attached hydrogen (secondary N) is 2. The maximum atomic E-state index is 12.5. The number of ether oxygens (including phenoxy) is 1. The third-order valence-corrected chi connectivity index (χ3v) is 5.57. The van der Waals surface area contributed by atoms with Crippen molar-refractivity contribution in [2.24, 2.45) is 0 Å². The highest BCUT2D eigenvalue weighted by atomic mass is 32.1. The zero-order valence-corrected chi connectivity index (χ0v) is 18.5. The summed E-state index contributed by atoms with van der Waals surface area (Å²) in [4.78, 5) is 17.0. The van der Waals surface area contributed by atoms with E-state index in [9.17, 15) is 4.79 Å². The number of rotatable bonds is 10. The van der Waals surface area contributed by atoms with Gasteiger partial charge < -0.3 is 15.4 Å². The number of anilines is 1. The first-order valence-corrected chi connectivity index (χ1v) is 10.9. The third kappa shape index (κ3) is 6.29. The fourth-order valence-corrected chi connectivity index (χ4v) is 3.76. The van der Waals surface area contributed by atoms with Gasteiger partial charge in [-0.1, -0.05) is 36.8 Å². The van der Waals surface area contributed by atoms with E-state index in [2.05, 4.69) is 58.1 Å². The molecule has 1 unspecified atom stereocenters. The normalized spacial score (nSPS) is 11.7. The van der Waals surface area contributed by atoms with Crippen molar-refractivity contribution in [2.75, 3.05) is 19.0 Å². The Morgan fingerprint density at radius 3 is 2.70 bits per heavy atom. The molecule has 1 heterocycles. The van der Waals surface area contributed by atoms with Gasteiger partial charge in [-0.05, 0) is 49.6 Å². The van der Waals surface area contributed by atoms with E-state index in [1.807, 2.05) is 0 Å². The molecule has 1 atom stereocenters. The summed E-state index contributed by atoms with van der Waals surface area (Å²) in [6.07, 6.45) is 2.40. The number of carbonyl (C=O) groups excluding carboxylic acids is 1. The van der Waals surface area contributed by atoms with E-state index in [1.54, 1.807) is 31.4 Å². The largest absolute Gasteiger partial charge is 0.497 e. The van der Waals surface area contributed by atoms with Gasteiger partial charge in [-0.2, -0.15) is 4.37 Å². The molecule has 0 bridgehead atoms. The number of hydrogen-bond donors (Lipinski definition) is 2. The molecular weight excluding hydrogens is 396 g/mol. The lowest BCUT2D eigenvalue weighted by atomic mass is 10.1. The number of carbonyl (C=O) groups is 1. The molecule has 6 nitrogen and oxygen atoms in total. The minimum Gasteiger partial charge on any atom is -0.497 e. The van der Waals surface area contributed by atoms with E-state index >= 15 is 0 Å². The monoisotopic (exact) mass is 424 g/mol. The molecule has 0 aliphatic carbocycles. The molecule has 158 valence electrons. The summed E-state index contributed by atoms with van der Waals surface area (Å²) < 4.78 is 9.59. The first-order chi connectivity index (χ1) is 14.6. The summed E-state index contributed by atoms with van der Waals surface area (Å²) >= 11 is 1.38. The second kappa shape index (κ2) is 10.7. The van der Waals surface area contributed by atoms with Crippen molar-refractivity contribution in [2.45, 2.75) is 39.2 Å². The minimum absolute atomic E-state index is 0.0686. The fourth-order valence-electron chi connectivity index (χ4n) is 3.15. The highest BCUT2D eigenvalue weighted by Gasteiger charge is 2.13. The maximum absolute atomic E-state index is 12.5. The van der Waals surface area contributed by atoms with Gasteiger partial charge >= 0.3 is 0 Å². The molecule has 0 radical (unpaired) electrons. The quantitative estimate of drug-likeness (QED) is 0.503. The topological polar surface area (TPSA) is 76.1 Å².